The van der Waals surface area contributed by atoms with Gasteiger partial charge in [0.25, 0.3) is 0 Å². The SMILES string of the molecule is Cc1ccc(CN(C)CCNC2CC2)cc1F. The Morgan fingerprint density at radius 2 is 2.18 bits per heavy atom. The van der Waals surface area contributed by atoms with Crippen molar-refractivity contribution in [2.45, 2.75) is 32.4 Å². The van der Waals surface area contributed by atoms with Crippen LogP contribution in [0.3, 0.4) is 0 Å². The van der Waals surface area contributed by atoms with E-state index in [0.29, 0.717) is 5.56 Å². The largest absolute Gasteiger partial charge is 0.313 e. The lowest BCUT2D eigenvalue weighted by Gasteiger charge is -2.17. The molecule has 0 radical (unpaired) electrons. The van der Waals surface area contributed by atoms with E-state index in [1.807, 2.05) is 12.1 Å². The van der Waals surface area contributed by atoms with E-state index >= 15 is 0 Å². The van der Waals surface area contributed by atoms with Gasteiger partial charge in [-0.2, -0.15) is 0 Å². The van der Waals surface area contributed by atoms with Crippen LogP contribution in [0.25, 0.3) is 0 Å². The van der Waals surface area contributed by atoms with Crippen LogP contribution in [-0.2, 0) is 6.54 Å². The number of nitrogens with one attached hydrogen (secondary N) is 1. The van der Waals surface area contributed by atoms with Crippen molar-refractivity contribution in [3.05, 3.63) is 35.1 Å². The van der Waals surface area contributed by atoms with Crippen molar-refractivity contribution in [2.75, 3.05) is 20.1 Å². The van der Waals surface area contributed by atoms with Crippen molar-refractivity contribution < 1.29 is 4.39 Å². The van der Waals surface area contributed by atoms with E-state index in [4.69, 9.17) is 0 Å². The average molecular weight is 236 g/mol. The number of nitrogens with zero attached hydrogens (tertiary/aromatic N) is 1. The fraction of sp³-hybridized carbons (Fsp3) is 0.571. The van der Waals surface area contributed by atoms with Crippen LogP contribution in [0.15, 0.2) is 18.2 Å². The smallest absolute Gasteiger partial charge is 0.126 e. The normalized spacial score (nSPS) is 15.5. The minimum Gasteiger partial charge on any atom is -0.313 e. The molecule has 0 bridgehead atoms. The number of benzene rings is 1. The molecule has 17 heavy (non-hydrogen) atoms. The third-order valence-corrected chi connectivity index (χ3v) is 3.19. The molecule has 0 heterocycles. The van der Waals surface area contributed by atoms with Gasteiger partial charge in [-0.15, -0.1) is 0 Å². The number of likely N-dealkylation sites (N-methyl/N-ethyl adjacent to an activating group) is 1. The molecule has 2 nitrogen and oxygen atoms in total. The van der Waals surface area contributed by atoms with Gasteiger partial charge < -0.3 is 10.2 Å². The molecule has 3 heteroatoms. The molecule has 2 rings (SSSR count). The van der Waals surface area contributed by atoms with Crippen LogP contribution in [-0.4, -0.2) is 31.1 Å². The summed E-state index contributed by atoms with van der Waals surface area (Å²) in [6, 6.07) is 6.25. The molecule has 0 saturated heterocycles. The summed E-state index contributed by atoms with van der Waals surface area (Å²) < 4.78 is 13.4. The minimum absolute atomic E-state index is 0.105. The molecule has 94 valence electrons. The van der Waals surface area contributed by atoms with E-state index in [-0.39, 0.29) is 5.82 Å². The monoisotopic (exact) mass is 236 g/mol. The van der Waals surface area contributed by atoms with E-state index in [0.717, 1.165) is 31.2 Å². The van der Waals surface area contributed by atoms with Crippen LogP contribution in [0.1, 0.15) is 24.0 Å². The molecule has 1 aliphatic carbocycles. The van der Waals surface area contributed by atoms with Gasteiger partial charge >= 0.3 is 0 Å². The van der Waals surface area contributed by atoms with Gasteiger partial charge in [0.15, 0.2) is 0 Å². The minimum atomic E-state index is -0.105. The summed E-state index contributed by atoms with van der Waals surface area (Å²) in [6.07, 6.45) is 2.65. The number of aryl methyl sites for hydroxylation is 1. The summed E-state index contributed by atoms with van der Waals surface area (Å²) in [4.78, 5) is 2.22. The first-order valence-corrected chi connectivity index (χ1v) is 6.32. The van der Waals surface area contributed by atoms with E-state index in [2.05, 4.69) is 17.3 Å². The van der Waals surface area contributed by atoms with Gasteiger partial charge in [-0.05, 0) is 44.0 Å². The Bertz CT molecular complexity index is 374. The van der Waals surface area contributed by atoms with E-state index < -0.39 is 0 Å². The molecule has 1 N–H and O–H groups in total. The first-order valence-electron chi connectivity index (χ1n) is 6.32. The molecule has 1 saturated carbocycles. The van der Waals surface area contributed by atoms with Crippen molar-refractivity contribution >= 4 is 0 Å². The summed E-state index contributed by atoms with van der Waals surface area (Å²) in [6.45, 7) is 4.63. The van der Waals surface area contributed by atoms with Crippen LogP contribution in [0.4, 0.5) is 4.39 Å². The fourth-order valence-corrected chi connectivity index (χ4v) is 1.87. The van der Waals surface area contributed by atoms with Gasteiger partial charge in [-0.1, -0.05) is 12.1 Å². The van der Waals surface area contributed by atoms with Crippen molar-refractivity contribution in [1.29, 1.82) is 0 Å². The Kier molecular flexibility index (Phi) is 4.13. The topological polar surface area (TPSA) is 15.3 Å². The standard InChI is InChI=1S/C14H21FN2/c1-11-3-4-12(9-14(11)15)10-17(2)8-7-16-13-5-6-13/h3-4,9,13,16H,5-8,10H2,1-2H3. The molecule has 0 aromatic heterocycles. The Balaban J connectivity index is 1.75. The summed E-state index contributed by atoms with van der Waals surface area (Å²) in [7, 11) is 2.08. The van der Waals surface area contributed by atoms with E-state index in [1.165, 1.54) is 12.8 Å². The first kappa shape index (κ1) is 12.5. The highest BCUT2D eigenvalue weighted by Crippen LogP contribution is 2.18. The van der Waals surface area contributed by atoms with Gasteiger partial charge in [-0.3, -0.25) is 0 Å². The molecule has 0 aliphatic heterocycles. The zero-order valence-electron chi connectivity index (χ0n) is 10.7. The molecular formula is C14H21FN2. The third-order valence-electron chi connectivity index (χ3n) is 3.19. The number of hydrogen-bond acceptors (Lipinski definition) is 2. The zero-order chi connectivity index (χ0) is 12.3. The molecule has 0 spiro atoms. The highest BCUT2D eigenvalue weighted by atomic mass is 19.1. The number of hydrogen-bond donors (Lipinski definition) is 1. The highest BCUT2D eigenvalue weighted by Gasteiger charge is 2.19. The van der Waals surface area contributed by atoms with Crippen LogP contribution >= 0.6 is 0 Å². The van der Waals surface area contributed by atoms with Crippen molar-refractivity contribution in [3.63, 3.8) is 0 Å². The molecule has 1 aromatic carbocycles. The second-order valence-electron chi connectivity index (χ2n) is 5.05. The maximum Gasteiger partial charge on any atom is 0.126 e. The first-order chi connectivity index (χ1) is 8.15. The molecule has 0 atom stereocenters. The maximum atomic E-state index is 13.4. The van der Waals surface area contributed by atoms with E-state index in [1.54, 1.807) is 13.0 Å². The van der Waals surface area contributed by atoms with Gasteiger partial charge in [0, 0.05) is 25.7 Å². The van der Waals surface area contributed by atoms with Crippen molar-refractivity contribution in [1.82, 2.24) is 10.2 Å². The van der Waals surface area contributed by atoms with Crippen LogP contribution in [0.2, 0.25) is 0 Å². The van der Waals surface area contributed by atoms with Crippen LogP contribution in [0, 0.1) is 12.7 Å². The maximum absolute atomic E-state index is 13.4. The average Bonchev–Trinajstić information content (AvgIpc) is 3.07. The Hall–Kier alpha value is -0.930. The van der Waals surface area contributed by atoms with Gasteiger partial charge in [0.1, 0.15) is 5.82 Å². The molecule has 0 amide bonds. The molecule has 1 fully saturated rings. The Morgan fingerprint density at radius 1 is 1.41 bits per heavy atom. The van der Waals surface area contributed by atoms with Crippen LogP contribution < -0.4 is 5.32 Å². The lowest BCUT2D eigenvalue weighted by Crippen LogP contribution is -2.30. The zero-order valence-corrected chi connectivity index (χ0v) is 10.7. The highest BCUT2D eigenvalue weighted by molar-refractivity contribution is 5.23. The third kappa shape index (κ3) is 4.10. The van der Waals surface area contributed by atoms with Crippen molar-refractivity contribution in [2.24, 2.45) is 0 Å². The molecular weight excluding hydrogens is 215 g/mol. The Morgan fingerprint density at radius 3 is 2.82 bits per heavy atom. The predicted octanol–water partition coefficient (Wildman–Crippen LogP) is 2.32. The van der Waals surface area contributed by atoms with Crippen molar-refractivity contribution in [3.8, 4) is 0 Å². The fourth-order valence-electron chi connectivity index (χ4n) is 1.87. The number of halogens is 1. The summed E-state index contributed by atoms with van der Waals surface area (Å²) in [5.74, 6) is -0.105. The second-order valence-corrected chi connectivity index (χ2v) is 5.05. The van der Waals surface area contributed by atoms with Gasteiger partial charge in [0.05, 0.1) is 0 Å². The molecule has 1 aliphatic rings. The lowest BCUT2D eigenvalue weighted by molar-refractivity contribution is 0.323. The quantitative estimate of drug-likeness (QED) is 0.815. The van der Waals surface area contributed by atoms with Gasteiger partial charge in [-0.25, -0.2) is 4.39 Å². The summed E-state index contributed by atoms with van der Waals surface area (Å²) in [5.41, 5.74) is 1.76. The number of rotatable bonds is 6. The van der Waals surface area contributed by atoms with Crippen LogP contribution in [0.5, 0.6) is 0 Å². The van der Waals surface area contributed by atoms with E-state index in [9.17, 15) is 4.39 Å². The lowest BCUT2D eigenvalue weighted by atomic mass is 10.1. The summed E-state index contributed by atoms with van der Waals surface area (Å²) >= 11 is 0. The Labute approximate surface area is 103 Å². The molecule has 1 aromatic rings. The van der Waals surface area contributed by atoms with Gasteiger partial charge in [0.2, 0.25) is 0 Å². The predicted molar refractivity (Wildman–Crippen MR) is 68.5 cm³/mol. The second kappa shape index (κ2) is 5.61. The summed E-state index contributed by atoms with van der Waals surface area (Å²) in [5, 5.41) is 3.48. The molecule has 0 unspecified atom stereocenters.